The summed E-state index contributed by atoms with van der Waals surface area (Å²) in [4.78, 5) is 9.43. The Balaban J connectivity index is 1.89. The first kappa shape index (κ1) is 14.6. The van der Waals surface area contributed by atoms with Crippen LogP contribution in [0.3, 0.4) is 0 Å². The van der Waals surface area contributed by atoms with Gasteiger partial charge in [0.2, 0.25) is 5.96 Å². The molecule has 0 amide bonds. The van der Waals surface area contributed by atoms with Crippen molar-refractivity contribution in [2.75, 3.05) is 27.2 Å². The van der Waals surface area contributed by atoms with Gasteiger partial charge in [-0.05, 0) is 39.3 Å². The molecule has 1 saturated carbocycles. The van der Waals surface area contributed by atoms with Crippen molar-refractivity contribution in [2.24, 2.45) is 10.8 Å². The van der Waals surface area contributed by atoms with E-state index in [9.17, 15) is 0 Å². The number of nitrogens with zero attached hydrogens (tertiary/aromatic N) is 3. The number of rotatable bonds is 3. The summed E-state index contributed by atoms with van der Waals surface area (Å²) in [7, 11) is 4.30. The van der Waals surface area contributed by atoms with Gasteiger partial charge in [-0.2, -0.15) is 0 Å². The second kappa shape index (κ2) is 7.10. The maximum Gasteiger partial charge on any atom is 0.208 e. The second-order valence-corrected chi connectivity index (χ2v) is 6.05. The van der Waals surface area contributed by atoms with Gasteiger partial charge in [0.15, 0.2) is 0 Å². The molecule has 2 fully saturated rings. The second-order valence-electron chi connectivity index (χ2n) is 6.05. The molecule has 0 bridgehead atoms. The van der Waals surface area contributed by atoms with Gasteiger partial charge in [-0.15, -0.1) is 0 Å². The van der Waals surface area contributed by atoms with Crippen molar-refractivity contribution >= 4 is 5.96 Å². The molecule has 1 unspecified atom stereocenters. The standard InChI is InChI=1S/C14H29N5/c1-18-10-6-9-13(18)11-19(2)14(17-15)16-12-7-4-3-5-8-12/h12-13H,3-11,15H2,1-2H3,(H,16,17). The van der Waals surface area contributed by atoms with E-state index in [0.29, 0.717) is 12.1 Å². The van der Waals surface area contributed by atoms with Gasteiger partial charge in [0.05, 0.1) is 6.04 Å². The lowest BCUT2D eigenvalue weighted by Crippen LogP contribution is -2.48. The number of aliphatic imine (C=N–C) groups is 1. The minimum absolute atomic E-state index is 0.462. The largest absolute Gasteiger partial charge is 0.343 e. The zero-order valence-corrected chi connectivity index (χ0v) is 12.4. The van der Waals surface area contributed by atoms with Gasteiger partial charge in [-0.1, -0.05) is 19.3 Å². The number of hydrogen-bond donors (Lipinski definition) is 2. The van der Waals surface area contributed by atoms with Crippen LogP contribution >= 0.6 is 0 Å². The van der Waals surface area contributed by atoms with E-state index in [-0.39, 0.29) is 0 Å². The molecule has 0 aromatic rings. The third-order valence-corrected chi connectivity index (χ3v) is 4.53. The zero-order valence-electron chi connectivity index (χ0n) is 12.4. The summed E-state index contributed by atoms with van der Waals surface area (Å²) >= 11 is 0. The SMILES string of the molecule is CN(CC1CCCN1C)C(=NC1CCCCC1)NN. The zero-order chi connectivity index (χ0) is 13.7. The summed E-state index contributed by atoms with van der Waals surface area (Å²) in [6, 6.07) is 1.10. The number of guanidine groups is 1. The van der Waals surface area contributed by atoms with Gasteiger partial charge in [0, 0.05) is 19.6 Å². The van der Waals surface area contributed by atoms with E-state index < -0.39 is 0 Å². The maximum atomic E-state index is 5.66. The molecule has 1 atom stereocenters. The number of nitrogens with two attached hydrogens (primary N) is 1. The van der Waals surface area contributed by atoms with E-state index in [4.69, 9.17) is 10.8 Å². The Labute approximate surface area is 117 Å². The summed E-state index contributed by atoms with van der Waals surface area (Å²) in [5.41, 5.74) is 2.80. The summed E-state index contributed by atoms with van der Waals surface area (Å²) in [6.45, 7) is 2.22. The van der Waals surface area contributed by atoms with Crippen LogP contribution < -0.4 is 11.3 Å². The average Bonchev–Trinajstić information content (AvgIpc) is 2.82. The Morgan fingerprint density at radius 3 is 2.58 bits per heavy atom. The molecule has 110 valence electrons. The fourth-order valence-corrected chi connectivity index (χ4v) is 3.24. The summed E-state index contributed by atoms with van der Waals surface area (Å²) < 4.78 is 0. The van der Waals surface area contributed by atoms with Gasteiger partial charge in [0.1, 0.15) is 0 Å². The predicted octanol–water partition coefficient (Wildman–Crippen LogP) is 1.16. The average molecular weight is 267 g/mol. The molecule has 1 saturated heterocycles. The molecule has 19 heavy (non-hydrogen) atoms. The van der Waals surface area contributed by atoms with Crippen molar-refractivity contribution in [3.63, 3.8) is 0 Å². The van der Waals surface area contributed by atoms with Gasteiger partial charge in [-0.25, -0.2) is 10.8 Å². The van der Waals surface area contributed by atoms with Crippen molar-refractivity contribution in [1.29, 1.82) is 0 Å². The van der Waals surface area contributed by atoms with Crippen LogP contribution in [0.4, 0.5) is 0 Å². The van der Waals surface area contributed by atoms with Crippen molar-refractivity contribution in [1.82, 2.24) is 15.2 Å². The number of likely N-dealkylation sites (N-methyl/N-ethyl adjacent to an activating group) is 2. The van der Waals surface area contributed by atoms with Crippen LogP contribution in [0.1, 0.15) is 44.9 Å². The van der Waals surface area contributed by atoms with E-state index in [1.54, 1.807) is 0 Å². The fraction of sp³-hybridized carbons (Fsp3) is 0.929. The smallest absolute Gasteiger partial charge is 0.208 e. The molecule has 1 aliphatic heterocycles. The molecule has 5 heteroatoms. The summed E-state index contributed by atoms with van der Waals surface area (Å²) in [5, 5.41) is 0. The predicted molar refractivity (Wildman–Crippen MR) is 79.9 cm³/mol. The molecular weight excluding hydrogens is 238 g/mol. The normalized spacial score (nSPS) is 26.7. The molecule has 1 aliphatic carbocycles. The first-order valence-electron chi connectivity index (χ1n) is 7.66. The number of hydrazine groups is 1. The van der Waals surface area contributed by atoms with Gasteiger partial charge in [0.25, 0.3) is 0 Å². The van der Waals surface area contributed by atoms with Crippen LogP contribution in [0.5, 0.6) is 0 Å². The highest BCUT2D eigenvalue weighted by Gasteiger charge is 2.23. The number of hydrogen-bond acceptors (Lipinski definition) is 3. The van der Waals surface area contributed by atoms with Gasteiger partial charge >= 0.3 is 0 Å². The third kappa shape index (κ3) is 4.08. The van der Waals surface area contributed by atoms with E-state index in [1.165, 1.54) is 51.5 Å². The topological polar surface area (TPSA) is 56.9 Å². The minimum Gasteiger partial charge on any atom is -0.343 e. The summed E-state index contributed by atoms with van der Waals surface area (Å²) in [6.07, 6.45) is 8.98. The molecule has 0 radical (unpaired) electrons. The first-order chi connectivity index (χ1) is 9.20. The van der Waals surface area contributed by atoms with Crippen molar-refractivity contribution in [3.05, 3.63) is 0 Å². The van der Waals surface area contributed by atoms with E-state index >= 15 is 0 Å². The maximum absolute atomic E-state index is 5.66. The lowest BCUT2D eigenvalue weighted by Gasteiger charge is -2.29. The molecule has 3 N–H and O–H groups in total. The fourth-order valence-electron chi connectivity index (χ4n) is 3.24. The molecule has 0 aromatic heterocycles. The van der Waals surface area contributed by atoms with Crippen LogP contribution in [0.2, 0.25) is 0 Å². The first-order valence-corrected chi connectivity index (χ1v) is 7.66. The van der Waals surface area contributed by atoms with Gasteiger partial charge < -0.3 is 9.80 Å². The van der Waals surface area contributed by atoms with Crippen molar-refractivity contribution in [2.45, 2.75) is 57.0 Å². The molecule has 1 heterocycles. The lowest BCUT2D eigenvalue weighted by atomic mass is 9.96. The van der Waals surface area contributed by atoms with E-state index in [2.05, 4.69) is 29.3 Å². The monoisotopic (exact) mass is 267 g/mol. The quantitative estimate of drug-likeness (QED) is 0.349. The minimum atomic E-state index is 0.462. The highest BCUT2D eigenvalue weighted by atomic mass is 15.4. The highest BCUT2D eigenvalue weighted by molar-refractivity contribution is 5.79. The van der Waals surface area contributed by atoms with Crippen LogP contribution in [0, 0.1) is 0 Å². The van der Waals surface area contributed by atoms with E-state index in [0.717, 1.165) is 12.5 Å². The Morgan fingerprint density at radius 2 is 2.00 bits per heavy atom. The van der Waals surface area contributed by atoms with Crippen LogP contribution in [0.25, 0.3) is 0 Å². The van der Waals surface area contributed by atoms with Crippen molar-refractivity contribution < 1.29 is 0 Å². The Morgan fingerprint density at radius 1 is 1.26 bits per heavy atom. The van der Waals surface area contributed by atoms with Crippen LogP contribution in [-0.2, 0) is 0 Å². The molecule has 0 aromatic carbocycles. The van der Waals surface area contributed by atoms with Crippen LogP contribution in [-0.4, -0.2) is 55.0 Å². The Hall–Kier alpha value is -0.810. The van der Waals surface area contributed by atoms with Crippen LogP contribution in [0.15, 0.2) is 4.99 Å². The number of nitrogens with one attached hydrogen (secondary N) is 1. The molecule has 0 spiro atoms. The lowest BCUT2D eigenvalue weighted by molar-refractivity contribution is 0.264. The van der Waals surface area contributed by atoms with Gasteiger partial charge in [-0.3, -0.25) is 5.43 Å². The van der Waals surface area contributed by atoms with E-state index in [1.807, 2.05) is 0 Å². The Kier molecular flexibility index (Phi) is 5.45. The highest BCUT2D eigenvalue weighted by Crippen LogP contribution is 2.21. The molecule has 2 aliphatic rings. The Bertz CT molecular complexity index is 298. The molecular formula is C14H29N5. The number of likely N-dealkylation sites (tertiary alicyclic amines) is 1. The summed E-state index contributed by atoms with van der Waals surface area (Å²) in [5.74, 6) is 6.52. The third-order valence-electron chi connectivity index (χ3n) is 4.53. The van der Waals surface area contributed by atoms with Crippen molar-refractivity contribution in [3.8, 4) is 0 Å². The molecule has 2 rings (SSSR count). The molecule has 5 nitrogen and oxygen atoms in total.